The van der Waals surface area contributed by atoms with Crippen LogP contribution in [0.5, 0.6) is 0 Å². The summed E-state index contributed by atoms with van der Waals surface area (Å²) in [6, 6.07) is 4.83. The van der Waals surface area contributed by atoms with Crippen LogP contribution in [-0.4, -0.2) is 0 Å². The summed E-state index contributed by atoms with van der Waals surface area (Å²) in [5.41, 5.74) is 0. The fourth-order valence-electron chi connectivity index (χ4n) is 2.92. The van der Waals surface area contributed by atoms with Gasteiger partial charge in [-0.1, -0.05) is 66.2 Å². The van der Waals surface area contributed by atoms with Gasteiger partial charge in [0.25, 0.3) is 0 Å². The van der Waals surface area contributed by atoms with Crippen LogP contribution in [0.1, 0.15) is 107 Å². The molecule has 2 atom stereocenters. The summed E-state index contributed by atoms with van der Waals surface area (Å²) in [4.78, 5) is 3.27. The lowest BCUT2D eigenvalue weighted by atomic mass is 9.95. The second-order valence-corrected chi connectivity index (χ2v) is 7.41. The monoisotopic (exact) mass is 294 g/mol. The van der Waals surface area contributed by atoms with Crippen LogP contribution < -0.4 is 0 Å². The molecule has 0 spiro atoms. The van der Waals surface area contributed by atoms with Crippen molar-refractivity contribution in [1.82, 2.24) is 0 Å². The maximum absolute atomic E-state index is 2.43. The Hall–Kier alpha value is -0.300. The Balaban J connectivity index is 2.60. The number of hydrogen-bond acceptors (Lipinski definition) is 1. The van der Waals surface area contributed by atoms with Gasteiger partial charge < -0.3 is 0 Å². The molecule has 1 heterocycles. The fourth-order valence-corrected chi connectivity index (χ4v) is 4.19. The Labute approximate surface area is 131 Å². The van der Waals surface area contributed by atoms with Gasteiger partial charge in [-0.25, -0.2) is 0 Å². The SMILES string of the molecule is CCCCCC(CCC)c1ccc(C(C)CCCC)s1. The van der Waals surface area contributed by atoms with E-state index in [0.29, 0.717) is 0 Å². The molecule has 0 saturated carbocycles. The molecule has 0 aliphatic carbocycles. The van der Waals surface area contributed by atoms with Crippen molar-refractivity contribution in [2.24, 2.45) is 0 Å². The van der Waals surface area contributed by atoms with Crippen molar-refractivity contribution in [3.8, 4) is 0 Å². The average molecular weight is 295 g/mol. The lowest BCUT2D eigenvalue weighted by Crippen LogP contribution is -1.96. The lowest BCUT2D eigenvalue weighted by molar-refractivity contribution is 0.535. The number of thiophene rings is 1. The highest BCUT2D eigenvalue weighted by Crippen LogP contribution is 2.36. The van der Waals surface area contributed by atoms with E-state index in [2.05, 4.69) is 51.2 Å². The molecule has 0 saturated heterocycles. The minimum atomic E-state index is 0.756. The minimum Gasteiger partial charge on any atom is -0.145 e. The molecule has 20 heavy (non-hydrogen) atoms. The fraction of sp³-hybridized carbons (Fsp3) is 0.789. The second-order valence-electron chi connectivity index (χ2n) is 6.26. The van der Waals surface area contributed by atoms with Crippen LogP contribution in [0.2, 0.25) is 0 Å². The van der Waals surface area contributed by atoms with E-state index in [-0.39, 0.29) is 0 Å². The smallest absolute Gasteiger partial charge is 0.00792 e. The zero-order chi connectivity index (χ0) is 14.8. The summed E-state index contributed by atoms with van der Waals surface area (Å²) in [6.07, 6.45) is 12.2. The molecule has 0 fully saturated rings. The maximum atomic E-state index is 2.43. The molecule has 0 aromatic carbocycles. The first-order chi connectivity index (χ1) is 9.72. The van der Waals surface area contributed by atoms with Crippen molar-refractivity contribution in [3.63, 3.8) is 0 Å². The predicted molar refractivity (Wildman–Crippen MR) is 94.1 cm³/mol. The van der Waals surface area contributed by atoms with Crippen LogP contribution in [0, 0.1) is 0 Å². The summed E-state index contributed by atoms with van der Waals surface area (Å²) in [5, 5.41) is 0. The average Bonchev–Trinajstić information content (AvgIpc) is 2.93. The van der Waals surface area contributed by atoms with Gasteiger partial charge in [-0.3, -0.25) is 0 Å². The molecule has 116 valence electrons. The van der Waals surface area contributed by atoms with E-state index in [1.807, 2.05) is 0 Å². The summed E-state index contributed by atoms with van der Waals surface area (Å²) < 4.78 is 0. The van der Waals surface area contributed by atoms with E-state index >= 15 is 0 Å². The highest BCUT2D eigenvalue weighted by Gasteiger charge is 2.15. The van der Waals surface area contributed by atoms with Gasteiger partial charge in [-0.15, -0.1) is 11.3 Å². The molecular weight excluding hydrogens is 260 g/mol. The molecule has 2 unspecified atom stereocenters. The largest absolute Gasteiger partial charge is 0.145 e. The molecule has 0 aliphatic heterocycles. The van der Waals surface area contributed by atoms with E-state index in [1.54, 1.807) is 9.75 Å². The first-order valence-corrected chi connectivity index (χ1v) is 9.64. The topological polar surface area (TPSA) is 0 Å². The van der Waals surface area contributed by atoms with Crippen LogP contribution >= 0.6 is 11.3 Å². The van der Waals surface area contributed by atoms with Gasteiger partial charge >= 0.3 is 0 Å². The molecule has 0 radical (unpaired) electrons. The Morgan fingerprint density at radius 1 is 0.800 bits per heavy atom. The zero-order valence-electron chi connectivity index (χ0n) is 14.1. The molecule has 0 bridgehead atoms. The Kier molecular flexibility index (Phi) is 9.26. The van der Waals surface area contributed by atoms with E-state index < -0.39 is 0 Å². The first kappa shape index (κ1) is 17.8. The minimum absolute atomic E-state index is 0.756. The van der Waals surface area contributed by atoms with Gasteiger partial charge in [0.2, 0.25) is 0 Å². The summed E-state index contributed by atoms with van der Waals surface area (Å²) in [6.45, 7) is 9.31. The van der Waals surface area contributed by atoms with E-state index in [4.69, 9.17) is 0 Å². The summed E-state index contributed by atoms with van der Waals surface area (Å²) >= 11 is 2.10. The predicted octanol–water partition coefficient (Wildman–Crippen LogP) is 7.51. The van der Waals surface area contributed by atoms with Crippen molar-refractivity contribution in [2.75, 3.05) is 0 Å². The molecular formula is C19H34S. The number of rotatable bonds is 11. The third kappa shape index (κ3) is 5.99. The standard InChI is InChI=1S/C19H34S/c1-5-8-10-13-17(11-7-3)19-15-14-18(20-19)16(4)12-9-6-2/h14-17H,5-13H2,1-4H3. The quantitative estimate of drug-likeness (QED) is 0.370. The summed E-state index contributed by atoms with van der Waals surface area (Å²) in [7, 11) is 0. The summed E-state index contributed by atoms with van der Waals surface area (Å²) in [5.74, 6) is 1.58. The van der Waals surface area contributed by atoms with Gasteiger partial charge in [-0.2, -0.15) is 0 Å². The molecule has 0 N–H and O–H groups in total. The van der Waals surface area contributed by atoms with Crippen molar-refractivity contribution in [2.45, 2.75) is 97.3 Å². The highest BCUT2D eigenvalue weighted by molar-refractivity contribution is 7.12. The normalized spacial score (nSPS) is 14.4. The van der Waals surface area contributed by atoms with Crippen LogP contribution in [0.4, 0.5) is 0 Å². The van der Waals surface area contributed by atoms with E-state index in [1.165, 1.54) is 57.8 Å². The van der Waals surface area contributed by atoms with Crippen molar-refractivity contribution in [3.05, 3.63) is 21.9 Å². The van der Waals surface area contributed by atoms with Gasteiger partial charge in [0.1, 0.15) is 0 Å². The van der Waals surface area contributed by atoms with Crippen LogP contribution in [0.15, 0.2) is 12.1 Å². The molecule has 1 rings (SSSR count). The highest BCUT2D eigenvalue weighted by atomic mass is 32.1. The number of hydrogen-bond donors (Lipinski definition) is 0. The van der Waals surface area contributed by atoms with Crippen molar-refractivity contribution < 1.29 is 0 Å². The molecule has 0 amide bonds. The molecule has 1 aromatic rings. The van der Waals surface area contributed by atoms with Crippen molar-refractivity contribution >= 4 is 11.3 Å². The Morgan fingerprint density at radius 3 is 2.15 bits per heavy atom. The third-order valence-corrected chi connectivity index (χ3v) is 5.80. The van der Waals surface area contributed by atoms with E-state index in [0.717, 1.165) is 11.8 Å². The van der Waals surface area contributed by atoms with Crippen LogP contribution in [0.3, 0.4) is 0 Å². The van der Waals surface area contributed by atoms with Crippen LogP contribution in [-0.2, 0) is 0 Å². The molecule has 1 heteroatoms. The number of unbranched alkanes of at least 4 members (excludes halogenated alkanes) is 3. The van der Waals surface area contributed by atoms with Crippen molar-refractivity contribution in [1.29, 1.82) is 0 Å². The second kappa shape index (κ2) is 10.4. The van der Waals surface area contributed by atoms with Crippen LogP contribution in [0.25, 0.3) is 0 Å². The van der Waals surface area contributed by atoms with E-state index in [9.17, 15) is 0 Å². The molecule has 0 nitrogen and oxygen atoms in total. The Morgan fingerprint density at radius 2 is 1.50 bits per heavy atom. The Bertz CT molecular complexity index is 339. The third-order valence-electron chi connectivity index (χ3n) is 4.32. The van der Waals surface area contributed by atoms with Gasteiger partial charge in [0.05, 0.1) is 0 Å². The maximum Gasteiger partial charge on any atom is 0.00792 e. The zero-order valence-corrected chi connectivity index (χ0v) is 14.9. The van der Waals surface area contributed by atoms with Gasteiger partial charge in [-0.05, 0) is 43.2 Å². The molecule has 1 aromatic heterocycles. The van der Waals surface area contributed by atoms with Gasteiger partial charge in [0, 0.05) is 9.75 Å². The lowest BCUT2D eigenvalue weighted by Gasteiger charge is -2.14. The first-order valence-electron chi connectivity index (χ1n) is 8.82. The molecule has 0 aliphatic rings. The van der Waals surface area contributed by atoms with Gasteiger partial charge in [0.15, 0.2) is 0 Å².